The second-order valence-corrected chi connectivity index (χ2v) is 10.00. The fraction of sp³-hybridized carbons (Fsp3) is 0.185. The average molecular weight is 587 g/mol. The van der Waals surface area contributed by atoms with Crippen molar-refractivity contribution in [2.24, 2.45) is 0 Å². The summed E-state index contributed by atoms with van der Waals surface area (Å²) in [6.07, 6.45) is -5.86. The molecule has 0 spiro atoms. The van der Waals surface area contributed by atoms with Crippen molar-refractivity contribution in [1.29, 1.82) is 0 Å². The van der Waals surface area contributed by atoms with E-state index in [9.17, 15) is 27.6 Å². The van der Waals surface area contributed by atoms with Gasteiger partial charge in [0.1, 0.15) is 5.75 Å². The van der Waals surface area contributed by atoms with E-state index in [2.05, 4.69) is 15.2 Å². The minimum absolute atomic E-state index is 0.0656. The molecule has 6 rings (SSSR count). The van der Waals surface area contributed by atoms with Gasteiger partial charge < -0.3 is 14.0 Å². The normalized spacial score (nSPS) is 17.3. The van der Waals surface area contributed by atoms with Gasteiger partial charge in [0.2, 0.25) is 5.60 Å². The van der Waals surface area contributed by atoms with Crippen molar-refractivity contribution in [2.75, 3.05) is 0 Å². The molecule has 0 saturated carbocycles. The molecule has 1 fully saturated rings. The van der Waals surface area contributed by atoms with Crippen molar-refractivity contribution < 1.29 is 36.8 Å². The molecule has 0 aliphatic carbocycles. The molecule has 0 radical (unpaired) electrons. The van der Waals surface area contributed by atoms with Crippen LogP contribution in [0.3, 0.4) is 0 Å². The van der Waals surface area contributed by atoms with Gasteiger partial charge in [0.05, 0.1) is 23.0 Å². The van der Waals surface area contributed by atoms with Gasteiger partial charge in [-0.2, -0.15) is 0 Å². The number of ether oxygens (including phenoxy) is 2. The number of imide groups is 1. The highest BCUT2D eigenvalue weighted by molar-refractivity contribution is 6.31. The third kappa shape index (κ3) is 4.47. The summed E-state index contributed by atoms with van der Waals surface area (Å²) >= 11 is 6.46. The molecular weight excluding hydrogens is 569 g/mol. The number of halogens is 4. The fourth-order valence-corrected chi connectivity index (χ4v) is 4.98. The molecule has 2 amide bonds. The molecule has 1 atom stereocenters. The van der Waals surface area contributed by atoms with Crippen molar-refractivity contribution in [3.05, 3.63) is 86.8 Å². The molecule has 1 aliphatic rings. The molecule has 2 aromatic heterocycles. The van der Waals surface area contributed by atoms with Gasteiger partial charge in [0.15, 0.2) is 11.4 Å². The molecular formula is C27H18ClF3N4O6. The number of rotatable bonds is 5. The van der Waals surface area contributed by atoms with E-state index in [0.717, 1.165) is 22.3 Å². The van der Waals surface area contributed by atoms with Crippen LogP contribution >= 0.6 is 11.6 Å². The van der Waals surface area contributed by atoms with Gasteiger partial charge in [-0.3, -0.25) is 14.7 Å². The van der Waals surface area contributed by atoms with Gasteiger partial charge in [-0.1, -0.05) is 28.9 Å². The van der Waals surface area contributed by atoms with E-state index in [4.69, 9.17) is 20.9 Å². The van der Waals surface area contributed by atoms with E-state index in [0.29, 0.717) is 22.1 Å². The largest absolute Gasteiger partial charge is 0.573 e. The highest BCUT2D eigenvalue weighted by Gasteiger charge is 2.46. The van der Waals surface area contributed by atoms with Crippen LogP contribution in [-0.4, -0.2) is 32.7 Å². The first-order valence-corrected chi connectivity index (χ1v) is 12.4. The van der Waals surface area contributed by atoms with Crippen LogP contribution < -0.4 is 15.7 Å². The molecule has 210 valence electrons. The number of nitrogens with zero attached hydrogens (tertiary/aromatic N) is 3. The van der Waals surface area contributed by atoms with Crippen LogP contribution in [0, 0.1) is 6.92 Å². The summed E-state index contributed by atoms with van der Waals surface area (Å²) in [4.78, 5) is 38.0. The summed E-state index contributed by atoms with van der Waals surface area (Å²) in [5.74, 6) is -1.14. The van der Waals surface area contributed by atoms with E-state index in [1.165, 1.54) is 35.8 Å². The van der Waals surface area contributed by atoms with Gasteiger partial charge in [0.25, 0.3) is 5.91 Å². The number of cyclic esters (lactones) is 1. The van der Waals surface area contributed by atoms with Crippen LogP contribution in [0.4, 0.5) is 18.0 Å². The van der Waals surface area contributed by atoms with Crippen molar-refractivity contribution >= 4 is 45.6 Å². The van der Waals surface area contributed by atoms with Gasteiger partial charge in [0, 0.05) is 16.7 Å². The van der Waals surface area contributed by atoms with E-state index in [1.807, 2.05) is 6.92 Å². The molecule has 14 heteroatoms. The Labute approximate surface area is 232 Å². The lowest BCUT2D eigenvalue weighted by Crippen LogP contribution is -2.33. The standard InChI is InChI=1S/C27H18ClF3N4O6/c1-13-3-6-17-21(9-13)41-33-22(17)35-20-11-16(39-27(29,30)31)5-8-19(20)34(25(35)38)12-14-10-15(4-7-18(14)28)26(2)23(36)32-24(37)40-26/h3-11H,12H2,1-2H3,(H,32,36,37)/t26-/m1/s1. The lowest BCUT2D eigenvalue weighted by molar-refractivity contribution is -0.274. The Bertz CT molecular complexity index is 1960. The Morgan fingerprint density at radius 2 is 1.83 bits per heavy atom. The number of fused-ring (bicyclic) bond motifs is 2. The smallest absolute Gasteiger partial charge is 0.428 e. The van der Waals surface area contributed by atoms with Crippen molar-refractivity contribution in [3.8, 4) is 11.6 Å². The molecule has 0 unspecified atom stereocenters. The number of amides is 2. The summed E-state index contributed by atoms with van der Waals surface area (Å²) in [5.41, 5.74) is -0.0466. The number of hydrogen-bond acceptors (Lipinski definition) is 7. The molecule has 3 heterocycles. The van der Waals surface area contributed by atoms with Gasteiger partial charge in [-0.25, -0.2) is 14.2 Å². The Hall–Kier alpha value is -4.78. The topological polar surface area (TPSA) is 118 Å². The van der Waals surface area contributed by atoms with Crippen molar-refractivity contribution in [1.82, 2.24) is 19.6 Å². The van der Waals surface area contributed by atoms with E-state index >= 15 is 0 Å². The Balaban J connectivity index is 1.53. The number of aromatic nitrogens is 3. The van der Waals surface area contributed by atoms with Crippen LogP contribution in [0.15, 0.2) is 63.9 Å². The predicted molar refractivity (Wildman–Crippen MR) is 139 cm³/mol. The van der Waals surface area contributed by atoms with Crippen LogP contribution in [0.1, 0.15) is 23.6 Å². The highest BCUT2D eigenvalue weighted by Crippen LogP contribution is 2.34. The Morgan fingerprint density at radius 3 is 2.54 bits per heavy atom. The van der Waals surface area contributed by atoms with Crippen LogP contribution in [-0.2, 0) is 21.7 Å². The zero-order chi connectivity index (χ0) is 29.3. The van der Waals surface area contributed by atoms with Crippen molar-refractivity contribution in [3.63, 3.8) is 0 Å². The van der Waals surface area contributed by atoms with Crippen LogP contribution in [0.5, 0.6) is 5.75 Å². The lowest BCUT2D eigenvalue weighted by Gasteiger charge is -2.21. The third-order valence-electron chi connectivity index (χ3n) is 6.83. The Morgan fingerprint density at radius 1 is 1.05 bits per heavy atom. The number of alkyl carbamates (subject to hydrolysis) is 1. The van der Waals surface area contributed by atoms with E-state index in [-0.39, 0.29) is 28.4 Å². The summed E-state index contributed by atoms with van der Waals surface area (Å²) in [6, 6.07) is 13.2. The molecule has 1 saturated heterocycles. The molecule has 0 bridgehead atoms. The van der Waals surface area contributed by atoms with E-state index in [1.54, 1.807) is 18.2 Å². The second kappa shape index (κ2) is 9.13. The average Bonchev–Trinajstić information content (AvgIpc) is 3.50. The number of nitrogens with one attached hydrogen (secondary N) is 1. The molecule has 1 N–H and O–H groups in total. The summed E-state index contributed by atoms with van der Waals surface area (Å²) in [5, 5.41) is 6.82. The summed E-state index contributed by atoms with van der Waals surface area (Å²) in [6.45, 7) is 3.10. The third-order valence-corrected chi connectivity index (χ3v) is 7.19. The van der Waals surface area contributed by atoms with Crippen molar-refractivity contribution in [2.45, 2.75) is 32.4 Å². The monoisotopic (exact) mass is 586 g/mol. The second-order valence-electron chi connectivity index (χ2n) is 9.59. The number of alkyl halides is 3. The van der Waals surface area contributed by atoms with Crippen LogP contribution in [0.2, 0.25) is 5.02 Å². The van der Waals surface area contributed by atoms with Gasteiger partial charge in [-0.15, -0.1) is 13.2 Å². The maximum absolute atomic E-state index is 13.9. The minimum Gasteiger partial charge on any atom is -0.428 e. The zero-order valence-electron chi connectivity index (χ0n) is 21.2. The number of benzene rings is 3. The van der Waals surface area contributed by atoms with E-state index < -0.39 is 35.4 Å². The number of carbonyl (C=O) groups excluding carboxylic acids is 2. The summed E-state index contributed by atoms with van der Waals surface area (Å²) < 4.78 is 56.2. The highest BCUT2D eigenvalue weighted by atomic mass is 35.5. The first-order chi connectivity index (χ1) is 19.3. The van der Waals surface area contributed by atoms with Gasteiger partial charge >= 0.3 is 18.1 Å². The molecule has 5 aromatic rings. The quantitative estimate of drug-likeness (QED) is 0.296. The lowest BCUT2D eigenvalue weighted by atomic mass is 9.94. The van der Waals surface area contributed by atoms with Gasteiger partial charge in [-0.05, 0) is 61.4 Å². The number of imidazole rings is 1. The minimum atomic E-state index is -4.96. The Kier molecular flexibility index (Phi) is 5.89. The SMILES string of the molecule is Cc1ccc2c(-n3c(=O)n(Cc4cc([C@@]5(C)OC(=O)NC5=O)ccc4Cl)c4ccc(OC(F)(F)F)cc43)noc2c1. The zero-order valence-corrected chi connectivity index (χ0v) is 22.0. The maximum Gasteiger partial charge on any atom is 0.573 e. The number of aryl methyl sites for hydroxylation is 1. The number of carbonyl (C=O) groups is 2. The maximum atomic E-state index is 13.9. The first kappa shape index (κ1) is 26.4. The number of hydrogen-bond donors (Lipinski definition) is 1. The molecule has 3 aromatic carbocycles. The molecule has 41 heavy (non-hydrogen) atoms. The molecule has 1 aliphatic heterocycles. The van der Waals surface area contributed by atoms with Crippen LogP contribution in [0.25, 0.3) is 27.8 Å². The first-order valence-electron chi connectivity index (χ1n) is 12.0. The predicted octanol–water partition coefficient (Wildman–Crippen LogP) is 5.32. The molecule has 10 nitrogen and oxygen atoms in total. The summed E-state index contributed by atoms with van der Waals surface area (Å²) in [7, 11) is 0. The fourth-order valence-electron chi connectivity index (χ4n) is 4.81.